The number of rotatable bonds is 5. The lowest BCUT2D eigenvalue weighted by atomic mass is 10.1. The van der Waals surface area contributed by atoms with Crippen molar-refractivity contribution in [1.29, 1.82) is 0 Å². The van der Waals surface area contributed by atoms with Gasteiger partial charge in [-0.1, -0.05) is 43.3 Å². The topological polar surface area (TPSA) is 57.3 Å². The first-order chi connectivity index (χ1) is 12.1. The molecule has 2 aromatic rings. The van der Waals surface area contributed by atoms with E-state index < -0.39 is 0 Å². The van der Waals surface area contributed by atoms with Crippen LogP contribution >= 0.6 is 0 Å². The Balaban J connectivity index is 1.47. The molecule has 2 unspecified atom stereocenters. The predicted molar refractivity (Wildman–Crippen MR) is 99.0 cm³/mol. The highest BCUT2D eigenvalue weighted by Gasteiger charge is 2.30. The number of hydrogen-bond donors (Lipinski definition) is 2. The van der Waals surface area contributed by atoms with Crippen LogP contribution in [-0.2, 0) is 13.1 Å². The maximum atomic E-state index is 12.2. The minimum atomic E-state index is -0.122. The molecular weight excluding hydrogens is 312 g/mol. The standard InChI is InChI=1S/C20H26N4O/c1-15-7-6-10-21-18(15)11-22-20(25)23-19-14-24(12-16(19)2)13-17-8-4-3-5-9-17/h3-10,16,19H,11-14H2,1-2H3,(H2,22,23,25). The van der Waals surface area contributed by atoms with Gasteiger partial charge in [-0.2, -0.15) is 0 Å². The van der Waals surface area contributed by atoms with E-state index in [1.807, 2.05) is 25.1 Å². The van der Waals surface area contributed by atoms with Crippen LogP contribution in [0.1, 0.15) is 23.7 Å². The highest BCUT2D eigenvalue weighted by atomic mass is 16.2. The molecule has 1 aliphatic heterocycles. The zero-order valence-electron chi connectivity index (χ0n) is 14.9. The SMILES string of the molecule is Cc1cccnc1CNC(=O)NC1CN(Cc2ccccc2)CC1C. The third-order valence-electron chi connectivity index (χ3n) is 4.79. The lowest BCUT2D eigenvalue weighted by Crippen LogP contribution is -2.45. The number of carbonyl (C=O) groups is 1. The van der Waals surface area contributed by atoms with Crippen LogP contribution in [0.3, 0.4) is 0 Å². The van der Waals surface area contributed by atoms with Crippen LogP contribution in [0.4, 0.5) is 4.79 Å². The Morgan fingerprint density at radius 2 is 2.00 bits per heavy atom. The predicted octanol–water partition coefficient (Wildman–Crippen LogP) is 2.71. The Hall–Kier alpha value is -2.40. The molecule has 0 spiro atoms. The van der Waals surface area contributed by atoms with Crippen molar-refractivity contribution in [3.63, 3.8) is 0 Å². The highest BCUT2D eigenvalue weighted by Crippen LogP contribution is 2.18. The van der Waals surface area contributed by atoms with Gasteiger partial charge in [-0.25, -0.2) is 4.79 Å². The van der Waals surface area contributed by atoms with Crippen LogP contribution in [-0.4, -0.2) is 35.0 Å². The van der Waals surface area contributed by atoms with Gasteiger partial charge in [0.25, 0.3) is 0 Å². The van der Waals surface area contributed by atoms with Crippen LogP contribution in [0.2, 0.25) is 0 Å². The lowest BCUT2D eigenvalue weighted by Gasteiger charge is -2.18. The first kappa shape index (κ1) is 17.4. The fourth-order valence-electron chi connectivity index (χ4n) is 3.31. The number of benzene rings is 1. The Morgan fingerprint density at radius 1 is 1.20 bits per heavy atom. The van der Waals surface area contributed by atoms with Gasteiger partial charge in [0, 0.05) is 31.9 Å². The first-order valence-electron chi connectivity index (χ1n) is 8.83. The van der Waals surface area contributed by atoms with Gasteiger partial charge in [-0.3, -0.25) is 9.88 Å². The van der Waals surface area contributed by atoms with Gasteiger partial charge in [-0.05, 0) is 30.0 Å². The molecule has 1 aromatic heterocycles. The Bertz CT molecular complexity index is 704. The van der Waals surface area contributed by atoms with Crippen molar-refractivity contribution >= 4 is 6.03 Å². The molecule has 5 nitrogen and oxygen atoms in total. The fraction of sp³-hybridized carbons (Fsp3) is 0.400. The van der Waals surface area contributed by atoms with Crippen LogP contribution in [0.15, 0.2) is 48.7 Å². The number of amides is 2. The first-order valence-corrected chi connectivity index (χ1v) is 8.83. The highest BCUT2D eigenvalue weighted by molar-refractivity contribution is 5.74. The quantitative estimate of drug-likeness (QED) is 0.881. The molecule has 0 radical (unpaired) electrons. The van der Waals surface area contributed by atoms with Gasteiger partial charge >= 0.3 is 6.03 Å². The van der Waals surface area contributed by atoms with E-state index in [0.717, 1.165) is 30.9 Å². The molecule has 1 aliphatic rings. The molecule has 1 aromatic carbocycles. The monoisotopic (exact) mass is 338 g/mol. The van der Waals surface area contributed by atoms with Crippen LogP contribution in [0.5, 0.6) is 0 Å². The van der Waals surface area contributed by atoms with Crippen molar-refractivity contribution in [2.24, 2.45) is 5.92 Å². The zero-order chi connectivity index (χ0) is 17.6. The molecule has 0 saturated carbocycles. The molecule has 132 valence electrons. The maximum Gasteiger partial charge on any atom is 0.315 e. The summed E-state index contributed by atoms with van der Waals surface area (Å²) in [5.74, 6) is 0.436. The minimum Gasteiger partial charge on any atom is -0.334 e. The lowest BCUT2D eigenvalue weighted by molar-refractivity contribution is 0.234. The number of aryl methyl sites for hydroxylation is 1. The molecule has 2 heterocycles. The van der Waals surface area contributed by atoms with E-state index in [1.165, 1.54) is 5.56 Å². The van der Waals surface area contributed by atoms with Crippen molar-refractivity contribution in [2.45, 2.75) is 33.0 Å². The minimum absolute atomic E-state index is 0.122. The van der Waals surface area contributed by atoms with Crippen LogP contribution in [0, 0.1) is 12.8 Å². The molecule has 1 fully saturated rings. The summed E-state index contributed by atoms with van der Waals surface area (Å²) in [6, 6.07) is 14.4. The summed E-state index contributed by atoms with van der Waals surface area (Å²) in [4.78, 5) is 18.9. The molecule has 0 bridgehead atoms. The summed E-state index contributed by atoms with van der Waals surface area (Å²) in [5.41, 5.74) is 3.30. The summed E-state index contributed by atoms with van der Waals surface area (Å²) in [6.07, 6.45) is 1.75. The second kappa shape index (κ2) is 8.12. The number of hydrogen-bond acceptors (Lipinski definition) is 3. The van der Waals surface area contributed by atoms with E-state index in [-0.39, 0.29) is 12.1 Å². The van der Waals surface area contributed by atoms with E-state index in [2.05, 4.69) is 51.7 Å². The van der Waals surface area contributed by atoms with Crippen molar-refractivity contribution in [3.05, 3.63) is 65.5 Å². The Kier molecular flexibility index (Phi) is 5.66. The molecular formula is C20H26N4O. The number of pyridine rings is 1. The van der Waals surface area contributed by atoms with Crippen molar-refractivity contribution in [2.75, 3.05) is 13.1 Å². The Morgan fingerprint density at radius 3 is 2.76 bits per heavy atom. The Labute approximate surface area is 149 Å². The van der Waals surface area contributed by atoms with Gasteiger partial charge in [-0.15, -0.1) is 0 Å². The van der Waals surface area contributed by atoms with Crippen molar-refractivity contribution in [3.8, 4) is 0 Å². The summed E-state index contributed by atoms with van der Waals surface area (Å²) in [5, 5.41) is 6.04. The van der Waals surface area contributed by atoms with Gasteiger partial charge in [0.2, 0.25) is 0 Å². The summed E-state index contributed by atoms with van der Waals surface area (Å²) < 4.78 is 0. The maximum absolute atomic E-state index is 12.2. The second-order valence-corrected chi connectivity index (χ2v) is 6.86. The number of likely N-dealkylation sites (tertiary alicyclic amines) is 1. The van der Waals surface area contributed by atoms with Gasteiger partial charge in [0.1, 0.15) is 0 Å². The van der Waals surface area contributed by atoms with E-state index in [1.54, 1.807) is 6.20 Å². The summed E-state index contributed by atoms with van der Waals surface area (Å²) >= 11 is 0. The number of aromatic nitrogens is 1. The molecule has 2 N–H and O–H groups in total. The third-order valence-corrected chi connectivity index (χ3v) is 4.79. The van der Waals surface area contributed by atoms with E-state index in [0.29, 0.717) is 12.5 Å². The summed E-state index contributed by atoms with van der Waals surface area (Å²) in [7, 11) is 0. The number of urea groups is 1. The van der Waals surface area contributed by atoms with Crippen molar-refractivity contribution in [1.82, 2.24) is 20.5 Å². The van der Waals surface area contributed by atoms with E-state index >= 15 is 0 Å². The number of nitrogens with zero attached hydrogens (tertiary/aromatic N) is 2. The second-order valence-electron chi connectivity index (χ2n) is 6.86. The van der Waals surface area contributed by atoms with Crippen molar-refractivity contribution < 1.29 is 4.79 Å². The largest absolute Gasteiger partial charge is 0.334 e. The molecule has 2 amide bonds. The normalized spacial score (nSPS) is 20.4. The molecule has 0 aliphatic carbocycles. The average Bonchev–Trinajstić information content (AvgIpc) is 2.94. The summed E-state index contributed by atoms with van der Waals surface area (Å²) in [6.45, 7) is 7.46. The molecule has 5 heteroatoms. The third kappa shape index (κ3) is 4.79. The molecule has 2 atom stereocenters. The van der Waals surface area contributed by atoms with Crippen LogP contribution < -0.4 is 10.6 Å². The van der Waals surface area contributed by atoms with E-state index in [9.17, 15) is 4.79 Å². The van der Waals surface area contributed by atoms with Gasteiger partial charge in [0.15, 0.2) is 0 Å². The zero-order valence-corrected chi connectivity index (χ0v) is 14.9. The molecule has 3 rings (SSSR count). The molecule has 1 saturated heterocycles. The smallest absolute Gasteiger partial charge is 0.315 e. The molecule has 25 heavy (non-hydrogen) atoms. The fourth-order valence-corrected chi connectivity index (χ4v) is 3.31. The number of nitrogens with one attached hydrogen (secondary N) is 2. The van der Waals surface area contributed by atoms with Crippen LogP contribution in [0.25, 0.3) is 0 Å². The van der Waals surface area contributed by atoms with E-state index in [4.69, 9.17) is 0 Å². The van der Waals surface area contributed by atoms with Gasteiger partial charge in [0.05, 0.1) is 12.2 Å². The average molecular weight is 338 g/mol. The number of carbonyl (C=O) groups excluding carboxylic acids is 1. The van der Waals surface area contributed by atoms with Gasteiger partial charge < -0.3 is 10.6 Å².